The molecule has 1 aliphatic heterocycles. The average molecular weight is 493 g/mol. The Morgan fingerprint density at radius 2 is 1.85 bits per heavy atom. The van der Waals surface area contributed by atoms with Gasteiger partial charge in [0.25, 0.3) is 5.91 Å². The van der Waals surface area contributed by atoms with Gasteiger partial charge in [-0.25, -0.2) is 14.6 Å². The smallest absolute Gasteiger partial charge is 0.273 e. The number of aromatic nitrogens is 4. The average Bonchev–Trinajstić information content (AvgIpc) is 3.56. The first-order chi connectivity index (χ1) is 16.6. The van der Waals surface area contributed by atoms with Crippen LogP contribution in [0, 0.1) is 5.92 Å². The summed E-state index contributed by atoms with van der Waals surface area (Å²) in [5.41, 5.74) is 2.24. The van der Waals surface area contributed by atoms with Gasteiger partial charge in [-0.2, -0.15) is 5.10 Å². The molecule has 0 saturated carbocycles. The lowest BCUT2D eigenvalue weighted by Crippen LogP contribution is -2.41. The minimum absolute atomic E-state index is 0.0895. The van der Waals surface area contributed by atoms with E-state index in [1.54, 1.807) is 33.3 Å². The first kappa shape index (κ1) is 22.2. The Balaban J connectivity index is 1.18. The molecule has 172 valence electrons. The van der Waals surface area contributed by atoms with Crippen LogP contribution in [0.15, 0.2) is 66.4 Å². The summed E-state index contributed by atoms with van der Waals surface area (Å²) in [6, 6.07) is 13.2. The number of amides is 2. The Hall–Kier alpha value is -3.56. The number of pyridine rings is 1. The summed E-state index contributed by atoms with van der Waals surface area (Å²) < 4.78 is 1.79. The second kappa shape index (κ2) is 9.74. The van der Waals surface area contributed by atoms with E-state index in [0.717, 1.165) is 16.3 Å². The lowest BCUT2D eigenvalue weighted by molar-refractivity contribution is -0.121. The minimum atomic E-state index is -0.170. The lowest BCUT2D eigenvalue weighted by Gasteiger charge is -2.30. The second-order valence-electron chi connectivity index (χ2n) is 7.96. The first-order valence-electron chi connectivity index (χ1n) is 10.8. The third kappa shape index (κ3) is 4.85. The number of hydrogen-bond donors (Lipinski definition) is 1. The van der Waals surface area contributed by atoms with Crippen LogP contribution in [-0.2, 0) is 4.79 Å². The Morgan fingerprint density at radius 3 is 2.59 bits per heavy atom. The summed E-state index contributed by atoms with van der Waals surface area (Å²) in [6.07, 6.45) is 6.33. The number of nitrogens with one attached hydrogen (secondary N) is 1. The number of nitrogens with zero attached hydrogens (tertiary/aromatic N) is 5. The van der Waals surface area contributed by atoms with E-state index >= 15 is 0 Å². The van der Waals surface area contributed by atoms with E-state index in [-0.39, 0.29) is 17.7 Å². The highest BCUT2D eigenvalue weighted by Crippen LogP contribution is 2.26. The number of rotatable bonds is 5. The molecular weight excluding hydrogens is 472 g/mol. The number of benzene rings is 1. The molecule has 2 amide bonds. The van der Waals surface area contributed by atoms with Gasteiger partial charge in [-0.15, -0.1) is 11.3 Å². The number of piperidine rings is 1. The molecule has 1 saturated heterocycles. The molecule has 34 heavy (non-hydrogen) atoms. The summed E-state index contributed by atoms with van der Waals surface area (Å²) in [4.78, 5) is 36.0. The monoisotopic (exact) mass is 492 g/mol. The van der Waals surface area contributed by atoms with Crippen molar-refractivity contribution >= 4 is 40.6 Å². The Bertz CT molecular complexity index is 1300. The van der Waals surface area contributed by atoms with Crippen LogP contribution in [0.2, 0.25) is 5.02 Å². The molecular formula is C24H21ClN6O2S. The van der Waals surface area contributed by atoms with Crippen molar-refractivity contribution in [2.24, 2.45) is 5.92 Å². The van der Waals surface area contributed by atoms with Crippen molar-refractivity contribution < 1.29 is 9.59 Å². The van der Waals surface area contributed by atoms with Crippen molar-refractivity contribution in [3.05, 3.63) is 77.2 Å². The molecule has 0 spiro atoms. The molecule has 5 rings (SSSR count). The first-order valence-corrected chi connectivity index (χ1v) is 12.1. The van der Waals surface area contributed by atoms with Crippen LogP contribution in [0.3, 0.4) is 0 Å². The van der Waals surface area contributed by atoms with Crippen molar-refractivity contribution in [3.63, 3.8) is 0 Å². The van der Waals surface area contributed by atoms with Crippen LogP contribution in [-0.4, -0.2) is 49.6 Å². The third-order valence-electron chi connectivity index (χ3n) is 5.71. The Labute approximate surface area is 205 Å². The molecule has 1 N–H and O–H groups in total. The highest BCUT2D eigenvalue weighted by Gasteiger charge is 2.29. The van der Waals surface area contributed by atoms with Crippen molar-refractivity contribution in [3.8, 4) is 16.3 Å². The number of likely N-dealkylation sites (tertiary alicyclic amines) is 1. The van der Waals surface area contributed by atoms with Gasteiger partial charge in [-0.1, -0.05) is 29.8 Å². The van der Waals surface area contributed by atoms with E-state index in [0.29, 0.717) is 42.5 Å². The highest BCUT2D eigenvalue weighted by molar-refractivity contribution is 7.13. The normalized spacial score (nSPS) is 14.2. The van der Waals surface area contributed by atoms with Crippen LogP contribution in [0.4, 0.5) is 5.82 Å². The minimum Gasteiger partial charge on any atom is -0.337 e. The maximum absolute atomic E-state index is 13.0. The fourth-order valence-corrected chi connectivity index (χ4v) is 4.73. The zero-order valence-electron chi connectivity index (χ0n) is 18.1. The molecule has 0 bridgehead atoms. The maximum atomic E-state index is 13.0. The standard InChI is InChI=1S/C24H21ClN6O2S/c25-18-6-7-21(26-13-18)29-22(32)16-8-10-30(11-9-16)24(33)20-15-34-23(28-20)17-12-27-31(14-17)19-4-2-1-3-5-19/h1-7,12-16H,8-11H2,(H,26,29,32). The highest BCUT2D eigenvalue weighted by atomic mass is 35.5. The van der Waals surface area contributed by atoms with Gasteiger partial charge in [0.15, 0.2) is 0 Å². The van der Waals surface area contributed by atoms with Gasteiger partial charge in [-0.3, -0.25) is 9.59 Å². The van der Waals surface area contributed by atoms with Gasteiger partial charge < -0.3 is 10.2 Å². The summed E-state index contributed by atoms with van der Waals surface area (Å²) in [5, 5.41) is 10.3. The zero-order valence-corrected chi connectivity index (χ0v) is 19.7. The molecule has 0 aliphatic carbocycles. The topological polar surface area (TPSA) is 93.0 Å². The van der Waals surface area contributed by atoms with Gasteiger partial charge in [-0.05, 0) is 37.1 Å². The summed E-state index contributed by atoms with van der Waals surface area (Å²) in [6.45, 7) is 1.01. The van der Waals surface area contributed by atoms with Crippen LogP contribution < -0.4 is 5.32 Å². The predicted octanol–water partition coefficient (Wildman–Crippen LogP) is 4.54. The molecule has 0 atom stereocenters. The van der Waals surface area contributed by atoms with Crippen LogP contribution >= 0.6 is 22.9 Å². The van der Waals surface area contributed by atoms with E-state index in [2.05, 4.69) is 20.4 Å². The summed E-state index contributed by atoms with van der Waals surface area (Å²) >= 11 is 7.25. The SMILES string of the molecule is O=C(Nc1ccc(Cl)cn1)C1CCN(C(=O)c2csc(-c3cnn(-c4ccccc4)c3)n2)CC1. The van der Waals surface area contributed by atoms with Crippen molar-refractivity contribution in [2.45, 2.75) is 12.8 Å². The Morgan fingerprint density at radius 1 is 1.06 bits per heavy atom. The van der Waals surface area contributed by atoms with Crippen molar-refractivity contribution in [2.75, 3.05) is 18.4 Å². The zero-order chi connectivity index (χ0) is 23.5. The molecule has 3 aromatic heterocycles. The molecule has 0 unspecified atom stereocenters. The van der Waals surface area contributed by atoms with Gasteiger partial charge in [0.1, 0.15) is 16.5 Å². The number of halogens is 1. The van der Waals surface area contributed by atoms with Gasteiger partial charge >= 0.3 is 0 Å². The molecule has 1 aliphatic rings. The van der Waals surface area contributed by atoms with Gasteiger partial charge in [0, 0.05) is 42.3 Å². The van der Waals surface area contributed by atoms with Gasteiger partial charge in [0.2, 0.25) is 5.91 Å². The van der Waals surface area contributed by atoms with E-state index in [9.17, 15) is 9.59 Å². The lowest BCUT2D eigenvalue weighted by atomic mass is 9.95. The van der Waals surface area contributed by atoms with Crippen LogP contribution in [0.25, 0.3) is 16.3 Å². The second-order valence-corrected chi connectivity index (χ2v) is 9.26. The van der Waals surface area contributed by atoms with Crippen molar-refractivity contribution in [1.82, 2.24) is 24.6 Å². The number of carbonyl (C=O) groups excluding carboxylic acids is 2. The van der Waals surface area contributed by atoms with Crippen LogP contribution in [0.5, 0.6) is 0 Å². The van der Waals surface area contributed by atoms with E-state index < -0.39 is 0 Å². The predicted molar refractivity (Wildman–Crippen MR) is 131 cm³/mol. The fourth-order valence-electron chi connectivity index (χ4n) is 3.84. The molecule has 0 radical (unpaired) electrons. The number of para-hydroxylation sites is 1. The molecule has 8 nitrogen and oxygen atoms in total. The van der Waals surface area contributed by atoms with E-state index in [1.807, 2.05) is 36.5 Å². The van der Waals surface area contributed by atoms with Crippen molar-refractivity contribution in [1.29, 1.82) is 0 Å². The van der Waals surface area contributed by atoms with Gasteiger partial charge in [0.05, 0.1) is 16.9 Å². The summed E-state index contributed by atoms with van der Waals surface area (Å²) in [7, 11) is 0. The maximum Gasteiger partial charge on any atom is 0.273 e. The molecule has 4 heterocycles. The molecule has 1 aromatic carbocycles. The number of thiazole rings is 1. The molecule has 10 heteroatoms. The van der Waals surface area contributed by atoms with E-state index in [4.69, 9.17) is 11.6 Å². The largest absolute Gasteiger partial charge is 0.337 e. The quantitative estimate of drug-likeness (QED) is 0.441. The third-order valence-corrected chi connectivity index (χ3v) is 6.82. The Kier molecular flexibility index (Phi) is 6.37. The molecule has 1 fully saturated rings. The number of hydrogen-bond acceptors (Lipinski definition) is 6. The van der Waals surface area contributed by atoms with Crippen LogP contribution in [0.1, 0.15) is 23.3 Å². The van der Waals surface area contributed by atoms with E-state index in [1.165, 1.54) is 17.5 Å². The molecule has 4 aromatic rings. The summed E-state index contributed by atoms with van der Waals surface area (Å²) in [5.74, 6) is 0.0966. The number of carbonyl (C=O) groups is 2. The number of anilines is 1. The fraction of sp³-hybridized carbons (Fsp3) is 0.208.